The molecule has 218 valence electrons. The van der Waals surface area contributed by atoms with Gasteiger partial charge in [0.1, 0.15) is 17.7 Å². The van der Waals surface area contributed by atoms with E-state index in [9.17, 15) is 27.2 Å². The molecule has 1 aliphatic rings. The Bertz CT molecular complexity index is 1630. The number of rotatable bonds is 9. The van der Waals surface area contributed by atoms with Crippen molar-refractivity contribution in [3.8, 4) is 16.9 Å². The monoisotopic (exact) mass is 584 g/mol. The third-order valence-electron chi connectivity index (χ3n) is 7.05. The number of ether oxygens (including phenoxy) is 2. The van der Waals surface area contributed by atoms with Crippen LogP contribution in [-0.2, 0) is 10.9 Å². The number of benzene rings is 3. The second-order valence-corrected chi connectivity index (χ2v) is 9.86. The van der Waals surface area contributed by atoms with E-state index in [1.165, 1.54) is 31.5 Å². The lowest BCUT2D eigenvalue weighted by molar-refractivity contribution is -0.137. The summed E-state index contributed by atoms with van der Waals surface area (Å²) in [6.07, 6.45) is -3.14. The molecule has 3 aromatic carbocycles. The Morgan fingerprint density at radius 1 is 0.976 bits per heavy atom. The number of hydrogen-bond acceptors (Lipinski definition) is 6. The summed E-state index contributed by atoms with van der Waals surface area (Å²) in [5, 5.41) is 0.271. The van der Waals surface area contributed by atoms with Crippen molar-refractivity contribution in [1.29, 1.82) is 0 Å². The lowest BCUT2D eigenvalue weighted by Gasteiger charge is -2.38. The van der Waals surface area contributed by atoms with Crippen molar-refractivity contribution in [1.82, 2.24) is 9.88 Å². The van der Waals surface area contributed by atoms with Crippen molar-refractivity contribution in [2.75, 3.05) is 33.4 Å². The van der Waals surface area contributed by atoms with Crippen LogP contribution in [0.1, 0.15) is 38.3 Å². The molecule has 6 nitrogen and oxygen atoms in total. The lowest BCUT2D eigenvalue weighted by atomic mass is 9.91. The van der Waals surface area contributed by atoms with Crippen molar-refractivity contribution in [2.24, 2.45) is 0 Å². The fourth-order valence-corrected chi connectivity index (χ4v) is 4.88. The molecule has 5 rings (SSSR count). The number of nitrogens with zero attached hydrogens (tertiary/aromatic N) is 2. The lowest BCUT2D eigenvalue weighted by Crippen LogP contribution is -2.53. The molecule has 1 saturated heterocycles. The van der Waals surface area contributed by atoms with Crippen molar-refractivity contribution in [3.63, 3.8) is 0 Å². The minimum atomic E-state index is -4.75. The Labute approximate surface area is 237 Å². The normalized spacial score (nSPS) is 14.0. The molecule has 0 aliphatic carbocycles. The molecular formula is C31H25F5N2O4. The predicted molar refractivity (Wildman–Crippen MR) is 145 cm³/mol. The largest absolute Gasteiger partial charge is 0.488 e. The van der Waals surface area contributed by atoms with E-state index in [-0.39, 0.29) is 51.5 Å². The SMILES string of the molecule is COC(=O)c1ccc2c(C(=O)c3ccc(OC4CN(CCCF)C4)cc3)c(-c3ccc(C(F)(F)F)cc3F)cnc2c1. The Morgan fingerprint density at radius 2 is 1.69 bits per heavy atom. The van der Waals surface area contributed by atoms with Crippen LogP contribution >= 0.6 is 0 Å². The van der Waals surface area contributed by atoms with Crippen molar-refractivity contribution < 1.29 is 41.0 Å². The molecule has 0 atom stereocenters. The van der Waals surface area contributed by atoms with Gasteiger partial charge in [-0.05, 0) is 55.0 Å². The van der Waals surface area contributed by atoms with Crippen LogP contribution in [0.2, 0.25) is 0 Å². The number of methoxy groups -OCH3 is 1. The van der Waals surface area contributed by atoms with E-state index in [4.69, 9.17) is 9.47 Å². The van der Waals surface area contributed by atoms with Gasteiger partial charge in [0.2, 0.25) is 0 Å². The van der Waals surface area contributed by atoms with Gasteiger partial charge >= 0.3 is 12.1 Å². The predicted octanol–water partition coefficient (Wildman–Crippen LogP) is 6.50. The fourth-order valence-electron chi connectivity index (χ4n) is 4.88. The van der Waals surface area contributed by atoms with E-state index in [2.05, 4.69) is 9.88 Å². The van der Waals surface area contributed by atoms with Crippen LogP contribution in [-0.4, -0.2) is 61.2 Å². The van der Waals surface area contributed by atoms with Crippen LogP contribution in [0.5, 0.6) is 5.75 Å². The molecule has 0 spiro atoms. The number of ketones is 1. The first-order valence-electron chi connectivity index (χ1n) is 13.1. The molecule has 42 heavy (non-hydrogen) atoms. The van der Waals surface area contributed by atoms with Crippen molar-refractivity contribution >= 4 is 22.7 Å². The van der Waals surface area contributed by atoms with Crippen LogP contribution in [0.3, 0.4) is 0 Å². The van der Waals surface area contributed by atoms with Crippen molar-refractivity contribution in [3.05, 3.63) is 94.9 Å². The molecule has 0 unspecified atom stereocenters. The molecular weight excluding hydrogens is 559 g/mol. The van der Waals surface area contributed by atoms with Crippen LogP contribution in [0, 0.1) is 5.82 Å². The molecule has 1 aliphatic heterocycles. The van der Waals surface area contributed by atoms with Gasteiger partial charge in [-0.1, -0.05) is 12.1 Å². The average molecular weight is 585 g/mol. The number of esters is 1. The third kappa shape index (κ3) is 5.96. The fraction of sp³-hybridized carbons (Fsp3) is 0.258. The zero-order valence-corrected chi connectivity index (χ0v) is 22.4. The van der Waals surface area contributed by atoms with Gasteiger partial charge < -0.3 is 9.47 Å². The first-order valence-corrected chi connectivity index (χ1v) is 13.1. The summed E-state index contributed by atoms with van der Waals surface area (Å²) >= 11 is 0. The average Bonchev–Trinajstić information content (AvgIpc) is 2.96. The van der Waals surface area contributed by atoms with E-state index in [1.54, 1.807) is 24.3 Å². The van der Waals surface area contributed by atoms with E-state index in [0.717, 1.165) is 12.1 Å². The zero-order valence-electron chi connectivity index (χ0n) is 22.4. The van der Waals surface area contributed by atoms with Crippen LogP contribution in [0.15, 0.2) is 66.9 Å². The van der Waals surface area contributed by atoms with Gasteiger partial charge in [0.15, 0.2) is 5.78 Å². The molecule has 11 heteroatoms. The first kappa shape index (κ1) is 29.1. The number of aromatic nitrogens is 1. The van der Waals surface area contributed by atoms with Gasteiger partial charge in [-0.3, -0.25) is 19.1 Å². The van der Waals surface area contributed by atoms with Crippen LogP contribution in [0.25, 0.3) is 22.0 Å². The van der Waals surface area contributed by atoms with Gasteiger partial charge in [0.05, 0.1) is 30.4 Å². The van der Waals surface area contributed by atoms with E-state index in [0.29, 0.717) is 37.9 Å². The second kappa shape index (κ2) is 11.8. The second-order valence-electron chi connectivity index (χ2n) is 9.86. The summed E-state index contributed by atoms with van der Waals surface area (Å²) in [5.74, 6) is -1.80. The minimum Gasteiger partial charge on any atom is -0.488 e. The minimum absolute atomic E-state index is 0.00578. The molecule has 2 heterocycles. The smallest absolute Gasteiger partial charge is 0.416 e. The van der Waals surface area contributed by atoms with Crippen LogP contribution < -0.4 is 4.74 Å². The number of fused-ring (bicyclic) bond motifs is 1. The Morgan fingerprint density at radius 3 is 2.33 bits per heavy atom. The molecule has 0 radical (unpaired) electrons. The van der Waals surface area contributed by atoms with Gasteiger partial charge in [0, 0.05) is 53.5 Å². The summed E-state index contributed by atoms with van der Waals surface area (Å²) in [6.45, 7) is 1.62. The summed E-state index contributed by atoms with van der Waals surface area (Å²) < 4.78 is 77.7. The van der Waals surface area contributed by atoms with Gasteiger partial charge in [-0.2, -0.15) is 13.2 Å². The third-order valence-corrected chi connectivity index (χ3v) is 7.05. The van der Waals surface area contributed by atoms with Gasteiger partial charge in [0.25, 0.3) is 0 Å². The standard InChI is InChI=1S/C31H25F5N2O4/c1-41-30(40)19-5-9-24-27(13-19)37-15-25(23-10-6-20(14-26(23)33)31(34,35)36)28(24)29(39)18-3-7-21(8-4-18)42-22-16-38(17-22)12-2-11-32/h3-10,13-15,22H,2,11-12,16-17H2,1H3. The van der Waals surface area contributed by atoms with Gasteiger partial charge in [-0.15, -0.1) is 0 Å². The molecule has 1 aromatic heterocycles. The molecule has 0 bridgehead atoms. The molecule has 0 amide bonds. The molecule has 1 fully saturated rings. The summed E-state index contributed by atoms with van der Waals surface area (Å²) in [6, 6.07) is 12.7. The quantitative estimate of drug-likeness (QED) is 0.127. The number of carbonyl (C=O) groups is 2. The summed E-state index contributed by atoms with van der Waals surface area (Å²) in [7, 11) is 1.21. The summed E-state index contributed by atoms with van der Waals surface area (Å²) in [5.41, 5.74) is -0.775. The van der Waals surface area contributed by atoms with Crippen molar-refractivity contribution in [2.45, 2.75) is 18.7 Å². The maximum absolute atomic E-state index is 15.1. The zero-order chi connectivity index (χ0) is 30.0. The first-order chi connectivity index (χ1) is 20.1. The van der Waals surface area contributed by atoms with E-state index < -0.39 is 29.3 Å². The highest BCUT2D eigenvalue weighted by atomic mass is 19.4. The Balaban J connectivity index is 1.51. The highest BCUT2D eigenvalue weighted by Crippen LogP contribution is 2.36. The number of alkyl halides is 4. The highest BCUT2D eigenvalue weighted by molar-refractivity contribution is 6.20. The number of likely N-dealkylation sites (tertiary alicyclic amines) is 1. The maximum Gasteiger partial charge on any atom is 0.416 e. The Hall–Kier alpha value is -4.38. The molecule has 4 aromatic rings. The highest BCUT2D eigenvalue weighted by Gasteiger charge is 2.32. The summed E-state index contributed by atoms with van der Waals surface area (Å²) in [4.78, 5) is 32.3. The van der Waals surface area contributed by atoms with E-state index >= 15 is 4.39 Å². The Kier molecular flexibility index (Phi) is 8.22. The number of hydrogen-bond donors (Lipinski definition) is 0. The topological polar surface area (TPSA) is 68.7 Å². The molecule has 0 N–H and O–H groups in total. The van der Waals surface area contributed by atoms with Gasteiger partial charge in [-0.25, -0.2) is 9.18 Å². The maximum atomic E-state index is 15.1. The number of pyridine rings is 1. The number of carbonyl (C=O) groups excluding carboxylic acids is 2. The molecule has 0 saturated carbocycles. The van der Waals surface area contributed by atoms with Crippen LogP contribution in [0.4, 0.5) is 22.0 Å². The number of halogens is 5. The van der Waals surface area contributed by atoms with E-state index in [1.807, 2.05) is 0 Å².